The zero-order valence-corrected chi connectivity index (χ0v) is 11.9. The molecule has 110 valence electrons. The molecule has 1 unspecified atom stereocenters. The maximum Gasteiger partial charge on any atom is 0.173 e. The molecular weight excluding hydrogens is 268 g/mol. The molecule has 0 saturated carbocycles. The second-order valence-corrected chi connectivity index (χ2v) is 5.15. The van der Waals surface area contributed by atoms with Crippen LogP contribution >= 0.6 is 0 Å². The number of anilines is 1. The van der Waals surface area contributed by atoms with Crippen molar-refractivity contribution in [3.63, 3.8) is 0 Å². The summed E-state index contributed by atoms with van der Waals surface area (Å²) in [5, 5.41) is 13.1. The van der Waals surface area contributed by atoms with Crippen molar-refractivity contribution in [1.82, 2.24) is 4.98 Å². The van der Waals surface area contributed by atoms with E-state index >= 15 is 0 Å². The van der Waals surface area contributed by atoms with Gasteiger partial charge in [-0.25, -0.2) is 0 Å². The topological polar surface area (TPSA) is 84.0 Å². The van der Waals surface area contributed by atoms with Crippen LogP contribution in [0.2, 0.25) is 0 Å². The number of ether oxygens (including phenoxy) is 1. The van der Waals surface area contributed by atoms with Gasteiger partial charge in [-0.3, -0.25) is 4.98 Å². The van der Waals surface area contributed by atoms with Gasteiger partial charge < -0.3 is 20.6 Å². The molecule has 3 rings (SSSR count). The Morgan fingerprint density at radius 2 is 2.29 bits per heavy atom. The zero-order valence-electron chi connectivity index (χ0n) is 11.9. The van der Waals surface area contributed by atoms with E-state index in [1.165, 1.54) is 0 Å². The number of nitrogens with zero attached hydrogens (tertiary/aromatic N) is 3. The Kier molecular flexibility index (Phi) is 3.62. The molecule has 1 aromatic heterocycles. The minimum absolute atomic E-state index is 0.0639. The van der Waals surface area contributed by atoms with Crippen LogP contribution in [-0.2, 0) is 4.74 Å². The largest absolute Gasteiger partial charge is 0.409 e. The Balaban J connectivity index is 2.20. The lowest BCUT2D eigenvalue weighted by atomic mass is 10.1. The highest BCUT2D eigenvalue weighted by atomic mass is 16.5. The number of hydrogen-bond acceptors (Lipinski definition) is 5. The van der Waals surface area contributed by atoms with E-state index < -0.39 is 0 Å². The monoisotopic (exact) mass is 286 g/mol. The maximum absolute atomic E-state index is 9.02. The van der Waals surface area contributed by atoms with Crippen LogP contribution < -0.4 is 10.6 Å². The van der Waals surface area contributed by atoms with Gasteiger partial charge in [-0.2, -0.15) is 0 Å². The first-order chi connectivity index (χ1) is 10.2. The summed E-state index contributed by atoms with van der Waals surface area (Å²) in [5.74, 6) is 0.0639. The summed E-state index contributed by atoms with van der Waals surface area (Å²) in [4.78, 5) is 6.53. The summed E-state index contributed by atoms with van der Waals surface area (Å²) < 4.78 is 5.47. The quantitative estimate of drug-likeness (QED) is 0.387. The van der Waals surface area contributed by atoms with Gasteiger partial charge in [-0.05, 0) is 12.5 Å². The second-order valence-electron chi connectivity index (χ2n) is 5.15. The third-order valence-corrected chi connectivity index (χ3v) is 3.94. The lowest BCUT2D eigenvalue weighted by molar-refractivity contribution is 0.193. The van der Waals surface area contributed by atoms with E-state index in [2.05, 4.69) is 15.0 Å². The van der Waals surface area contributed by atoms with Gasteiger partial charge >= 0.3 is 0 Å². The molecule has 1 aromatic carbocycles. The Morgan fingerprint density at radius 3 is 3.00 bits per heavy atom. The van der Waals surface area contributed by atoms with E-state index in [4.69, 9.17) is 15.7 Å². The fraction of sp³-hybridized carbons (Fsp3) is 0.333. The van der Waals surface area contributed by atoms with Crippen molar-refractivity contribution in [3.05, 3.63) is 36.0 Å². The number of nitrogens with two attached hydrogens (primary N) is 1. The molecule has 1 aliphatic heterocycles. The van der Waals surface area contributed by atoms with Crippen LogP contribution in [0, 0.1) is 0 Å². The second kappa shape index (κ2) is 5.57. The van der Waals surface area contributed by atoms with E-state index in [1.807, 2.05) is 31.3 Å². The van der Waals surface area contributed by atoms with Crippen molar-refractivity contribution in [2.24, 2.45) is 10.9 Å². The summed E-state index contributed by atoms with van der Waals surface area (Å²) in [6.45, 7) is 1.44. The minimum atomic E-state index is 0.0639. The van der Waals surface area contributed by atoms with Crippen LogP contribution in [-0.4, -0.2) is 42.3 Å². The number of rotatable bonds is 3. The van der Waals surface area contributed by atoms with E-state index in [1.54, 1.807) is 6.20 Å². The number of oxime groups is 1. The molecule has 2 heterocycles. The number of amidine groups is 1. The Morgan fingerprint density at radius 1 is 1.48 bits per heavy atom. The van der Waals surface area contributed by atoms with Gasteiger partial charge in [0.2, 0.25) is 0 Å². The molecule has 1 saturated heterocycles. The molecule has 0 aliphatic carbocycles. The molecule has 21 heavy (non-hydrogen) atoms. The first-order valence-corrected chi connectivity index (χ1v) is 6.88. The molecule has 6 nitrogen and oxygen atoms in total. The van der Waals surface area contributed by atoms with Crippen LogP contribution in [0.4, 0.5) is 5.69 Å². The van der Waals surface area contributed by atoms with E-state index in [0.29, 0.717) is 12.2 Å². The molecule has 0 bridgehead atoms. The molecule has 0 radical (unpaired) electrons. The first kappa shape index (κ1) is 13.6. The first-order valence-electron chi connectivity index (χ1n) is 6.88. The van der Waals surface area contributed by atoms with Gasteiger partial charge in [0.05, 0.1) is 29.4 Å². The van der Waals surface area contributed by atoms with Gasteiger partial charge in [0.15, 0.2) is 5.84 Å². The van der Waals surface area contributed by atoms with Crippen LogP contribution in [0.15, 0.2) is 35.6 Å². The number of hydrogen-bond donors (Lipinski definition) is 2. The molecule has 1 fully saturated rings. The van der Waals surface area contributed by atoms with Gasteiger partial charge in [0, 0.05) is 25.2 Å². The van der Waals surface area contributed by atoms with Gasteiger partial charge in [0.25, 0.3) is 0 Å². The summed E-state index contributed by atoms with van der Waals surface area (Å²) in [6, 6.07) is 8.14. The normalized spacial score (nSPS) is 19.1. The van der Waals surface area contributed by atoms with Crippen molar-refractivity contribution in [2.75, 3.05) is 25.2 Å². The smallest absolute Gasteiger partial charge is 0.173 e. The number of likely N-dealkylation sites (N-methyl/N-ethyl adjacent to an activating group) is 1. The standard InChI is InChI=1S/C15H18N4O2/c1-19(10-6-7-21-9-10)14-11-4-2-3-5-13(11)17-8-12(14)15(16)18-20/h2-5,8,10,20H,6-7,9H2,1H3,(H2,16,18). The third kappa shape index (κ3) is 2.38. The average Bonchev–Trinajstić information content (AvgIpc) is 3.06. The van der Waals surface area contributed by atoms with Gasteiger partial charge in [-0.1, -0.05) is 23.4 Å². The Labute approximate surface area is 122 Å². The number of aromatic nitrogens is 1. The average molecular weight is 286 g/mol. The van der Waals surface area contributed by atoms with Crippen molar-refractivity contribution >= 4 is 22.4 Å². The molecule has 1 atom stereocenters. The highest BCUT2D eigenvalue weighted by Gasteiger charge is 2.25. The third-order valence-electron chi connectivity index (χ3n) is 3.94. The molecule has 3 N–H and O–H groups in total. The Hall–Kier alpha value is -2.34. The zero-order chi connectivity index (χ0) is 14.8. The number of fused-ring (bicyclic) bond motifs is 1. The van der Waals surface area contributed by atoms with Crippen LogP contribution in [0.3, 0.4) is 0 Å². The lowest BCUT2D eigenvalue weighted by Crippen LogP contribution is -2.34. The maximum atomic E-state index is 9.02. The summed E-state index contributed by atoms with van der Waals surface area (Å²) in [6.07, 6.45) is 2.61. The SMILES string of the molecule is CN(c1c(/C(N)=N/O)cnc2ccccc12)C1CCOC1. The summed E-state index contributed by atoms with van der Waals surface area (Å²) in [5.41, 5.74) is 8.26. The molecule has 2 aromatic rings. The number of pyridine rings is 1. The lowest BCUT2D eigenvalue weighted by Gasteiger charge is -2.28. The Bertz CT molecular complexity index is 680. The van der Waals surface area contributed by atoms with Crippen LogP contribution in [0.25, 0.3) is 10.9 Å². The highest BCUT2D eigenvalue weighted by molar-refractivity contribution is 6.08. The van der Waals surface area contributed by atoms with Crippen LogP contribution in [0.5, 0.6) is 0 Å². The fourth-order valence-electron chi connectivity index (χ4n) is 2.76. The van der Waals surface area contributed by atoms with Crippen LogP contribution in [0.1, 0.15) is 12.0 Å². The van der Waals surface area contributed by atoms with Gasteiger partial charge in [0.1, 0.15) is 0 Å². The molecule has 0 spiro atoms. The molecular formula is C15H18N4O2. The van der Waals surface area contributed by atoms with Crippen molar-refractivity contribution in [2.45, 2.75) is 12.5 Å². The fourth-order valence-corrected chi connectivity index (χ4v) is 2.76. The van der Waals surface area contributed by atoms with E-state index in [0.717, 1.165) is 29.6 Å². The molecule has 1 aliphatic rings. The van der Waals surface area contributed by atoms with Gasteiger partial charge in [-0.15, -0.1) is 0 Å². The summed E-state index contributed by atoms with van der Waals surface area (Å²) in [7, 11) is 2.01. The number of para-hydroxylation sites is 1. The number of benzene rings is 1. The van der Waals surface area contributed by atoms with Crippen molar-refractivity contribution in [3.8, 4) is 0 Å². The predicted octanol–water partition coefficient (Wildman–Crippen LogP) is 1.55. The highest BCUT2D eigenvalue weighted by Crippen LogP contribution is 2.31. The minimum Gasteiger partial charge on any atom is -0.409 e. The van der Waals surface area contributed by atoms with E-state index in [9.17, 15) is 0 Å². The molecule has 0 amide bonds. The molecule has 6 heteroatoms. The van der Waals surface area contributed by atoms with E-state index in [-0.39, 0.29) is 11.9 Å². The van der Waals surface area contributed by atoms with Crippen molar-refractivity contribution < 1.29 is 9.94 Å². The van der Waals surface area contributed by atoms with Crippen molar-refractivity contribution in [1.29, 1.82) is 0 Å². The predicted molar refractivity (Wildman–Crippen MR) is 81.9 cm³/mol. The summed E-state index contributed by atoms with van der Waals surface area (Å²) >= 11 is 0.